The van der Waals surface area contributed by atoms with Crippen LogP contribution in [0.4, 0.5) is 0 Å². The van der Waals surface area contributed by atoms with Crippen molar-refractivity contribution in [2.24, 2.45) is 5.73 Å². The Balaban J connectivity index is 2.30. The van der Waals surface area contributed by atoms with E-state index in [-0.39, 0.29) is 5.56 Å². The Hall–Kier alpha value is -1.11. The molecule has 6 heteroatoms. The molecule has 0 bridgehead atoms. The molecule has 1 heterocycles. The first-order chi connectivity index (χ1) is 8.69. The van der Waals surface area contributed by atoms with Crippen molar-refractivity contribution in [1.29, 1.82) is 0 Å². The van der Waals surface area contributed by atoms with Crippen molar-refractivity contribution in [2.75, 3.05) is 6.54 Å². The van der Waals surface area contributed by atoms with Gasteiger partial charge in [-0.1, -0.05) is 27.7 Å². The lowest BCUT2D eigenvalue weighted by molar-refractivity contribution is 0.922. The number of H-pyrrole nitrogens is 1. The van der Waals surface area contributed by atoms with Gasteiger partial charge in [0.25, 0.3) is 5.56 Å². The topological polar surface area (TPSA) is 71.8 Å². The molecular weight excluding hydrogens is 314 g/mol. The predicted octanol–water partition coefficient (Wildman–Crippen LogP) is 2.18. The van der Waals surface area contributed by atoms with E-state index in [1.165, 1.54) is 24.0 Å². The maximum absolute atomic E-state index is 11.2. The highest BCUT2D eigenvalue weighted by molar-refractivity contribution is 9.10. The number of aromatic nitrogens is 2. The second-order valence-electron chi connectivity index (χ2n) is 3.63. The number of hydrogen-bond acceptors (Lipinski definition) is 4. The average Bonchev–Trinajstić information content (AvgIpc) is 2.33. The largest absolute Gasteiger partial charge is 0.330 e. The molecule has 0 saturated carbocycles. The van der Waals surface area contributed by atoms with Crippen LogP contribution in [0.3, 0.4) is 0 Å². The molecule has 0 aliphatic heterocycles. The normalized spacial score (nSPS) is 10.6. The predicted molar refractivity (Wildman–Crippen MR) is 75.9 cm³/mol. The van der Waals surface area contributed by atoms with Crippen molar-refractivity contribution in [3.8, 4) is 0 Å². The third kappa shape index (κ3) is 3.44. The van der Waals surface area contributed by atoms with E-state index in [4.69, 9.17) is 5.73 Å². The number of halogens is 1. The quantitative estimate of drug-likeness (QED) is 0.845. The van der Waals surface area contributed by atoms with Gasteiger partial charge in [-0.3, -0.25) is 4.79 Å². The first-order valence-electron chi connectivity index (χ1n) is 5.41. The molecule has 3 N–H and O–H groups in total. The van der Waals surface area contributed by atoms with Crippen LogP contribution in [0.25, 0.3) is 0 Å². The fraction of sp³-hybridized carbons (Fsp3) is 0.167. The summed E-state index contributed by atoms with van der Waals surface area (Å²) in [6.07, 6.45) is 2.29. The highest BCUT2D eigenvalue weighted by atomic mass is 79.9. The van der Waals surface area contributed by atoms with Gasteiger partial charge in [0, 0.05) is 21.6 Å². The zero-order valence-corrected chi connectivity index (χ0v) is 11.9. The van der Waals surface area contributed by atoms with Gasteiger partial charge in [0.05, 0.1) is 0 Å². The van der Waals surface area contributed by atoms with E-state index in [2.05, 4.69) is 25.9 Å². The van der Waals surface area contributed by atoms with Crippen molar-refractivity contribution < 1.29 is 0 Å². The summed E-state index contributed by atoms with van der Waals surface area (Å²) in [4.78, 5) is 19.1. The van der Waals surface area contributed by atoms with E-state index >= 15 is 0 Å². The lowest BCUT2D eigenvalue weighted by atomic mass is 10.1. The monoisotopic (exact) mass is 325 g/mol. The van der Waals surface area contributed by atoms with Crippen LogP contribution in [0.1, 0.15) is 5.56 Å². The van der Waals surface area contributed by atoms with Gasteiger partial charge in [-0.05, 0) is 36.7 Å². The smallest absolute Gasteiger partial charge is 0.251 e. The molecule has 4 nitrogen and oxygen atoms in total. The lowest BCUT2D eigenvalue weighted by Crippen LogP contribution is -2.06. The summed E-state index contributed by atoms with van der Waals surface area (Å²) in [6.45, 7) is 0.586. The van der Waals surface area contributed by atoms with Crippen molar-refractivity contribution >= 4 is 27.7 Å². The molecule has 0 atom stereocenters. The summed E-state index contributed by atoms with van der Waals surface area (Å²) in [5.41, 5.74) is 6.59. The van der Waals surface area contributed by atoms with E-state index < -0.39 is 0 Å². The Morgan fingerprint density at radius 1 is 1.39 bits per heavy atom. The van der Waals surface area contributed by atoms with Gasteiger partial charge in [0.15, 0.2) is 5.16 Å². The molecule has 0 radical (unpaired) electrons. The molecular formula is C12H12BrN3OS. The van der Waals surface area contributed by atoms with Crippen LogP contribution in [0, 0.1) is 0 Å². The number of nitrogens with two attached hydrogens (primary N) is 1. The van der Waals surface area contributed by atoms with Crippen LogP contribution < -0.4 is 11.3 Å². The van der Waals surface area contributed by atoms with E-state index in [1.807, 2.05) is 18.2 Å². The number of nitrogens with zero attached hydrogens (tertiary/aromatic N) is 1. The Morgan fingerprint density at radius 2 is 2.22 bits per heavy atom. The fourth-order valence-electron chi connectivity index (χ4n) is 1.51. The SMILES string of the molecule is NCCc1cc(Br)ccc1Sc1nccc(=O)[nH]1. The molecule has 1 aromatic carbocycles. The summed E-state index contributed by atoms with van der Waals surface area (Å²) in [5.74, 6) is 0. The molecule has 0 spiro atoms. The summed E-state index contributed by atoms with van der Waals surface area (Å²) < 4.78 is 1.02. The molecule has 94 valence electrons. The van der Waals surface area contributed by atoms with Gasteiger partial charge in [0.1, 0.15) is 0 Å². The van der Waals surface area contributed by atoms with E-state index in [9.17, 15) is 4.79 Å². The first kappa shape index (κ1) is 13.3. The summed E-state index contributed by atoms with van der Waals surface area (Å²) in [7, 11) is 0. The molecule has 2 rings (SSSR count). The maximum Gasteiger partial charge on any atom is 0.251 e. The molecule has 0 aliphatic rings. The van der Waals surface area contributed by atoms with Gasteiger partial charge in [-0.2, -0.15) is 0 Å². The number of rotatable bonds is 4. The number of aromatic amines is 1. The van der Waals surface area contributed by atoms with Gasteiger partial charge in [-0.15, -0.1) is 0 Å². The molecule has 0 aliphatic carbocycles. The zero-order chi connectivity index (χ0) is 13.0. The highest BCUT2D eigenvalue weighted by Crippen LogP contribution is 2.29. The molecule has 1 aromatic heterocycles. The molecule has 0 saturated heterocycles. The van der Waals surface area contributed by atoms with Crippen molar-refractivity contribution in [1.82, 2.24) is 9.97 Å². The Morgan fingerprint density at radius 3 is 2.94 bits per heavy atom. The van der Waals surface area contributed by atoms with E-state index in [0.717, 1.165) is 21.4 Å². The van der Waals surface area contributed by atoms with Crippen molar-refractivity contribution in [3.63, 3.8) is 0 Å². The van der Waals surface area contributed by atoms with Gasteiger partial charge >= 0.3 is 0 Å². The summed E-state index contributed by atoms with van der Waals surface area (Å²) in [5, 5.41) is 0.586. The van der Waals surface area contributed by atoms with Crippen molar-refractivity contribution in [3.05, 3.63) is 50.9 Å². The Kier molecular flexibility index (Phi) is 4.57. The van der Waals surface area contributed by atoms with E-state index in [1.54, 1.807) is 0 Å². The highest BCUT2D eigenvalue weighted by Gasteiger charge is 2.06. The molecule has 18 heavy (non-hydrogen) atoms. The van der Waals surface area contributed by atoms with Gasteiger partial charge in [-0.25, -0.2) is 4.98 Å². The van der Waals surface area contributed by atoms with Gasteiger partial charge in [0.2, 0.25) is 0 Å². The molecule has 0 fully saturated rings. The van der Waals surface area contributed by atoms with Crippen LogP contribution in [-0.4, -0.2) is 16.5 Å². The van der Waals surface area contributed by atoms with Crippen molar-refractivity contribution in [2.45, 2.75) is 16.5 Å². The summed E-state index contributed by atoms with van der Waals surface area (Å²) in [6, 6.07) is 7.39. The standard InChI is InChI=1S/C12H12BrN3OS/c13-9-1-2-10(8(7-9)3-5-14)18-12-15-6-4-11(17)16-12/h1-2,4,6-7H,3,5,14H2,(H,15,16,17). The second kappa shape index (κ2) is 6.17. The molecule has 0 amide bonds. The first-order valence-corrected chi connectivity index (χ1v) is 7.01. The van der Waals surface area contributed by atoms with Crippen LogP contribution >= 0.6 is 27.7 Å². The van der Waals surface area contributed by atoms with Crippen LogP contribution in [0.5, 0.6) is 0 Å². The average molecular weight is 326 g/mol. The van der Waals surface area contributed by atoms with Crippen LogP contribution in [0.2, 0.25) is 0 Å². The summed E-state index contributed by atoms with van der Waals surface area (Å²) >= 11 is 4.87. The zero-order valence-electron chi connectivity index (χ0n) is 9.52. The van der Waals surface area contributed by atoms with Gasteiger partial charge < -0.3 is 10.7 Å². The minimum Gasteiger partial charge on any atom is -0.330 e. The maximum atomic E-state index is 11.2. The second-order valence-corrected chi connectivity index (χ2v) is 5.58. The van der Waals surface area contributed by atoms with E-state index in [0.29, 0.717) is 11.7 Å². The Labute approximate surface area is 117 Å². The Bertz CT molecular complexity index is 600. The molecule has 2 aromatic rings. The molecule has 0 unspecified atom stereocenters. The third-order valence-corrected chi connectivity index (χ3v) is 3.80. The number of benzene rings is 1. The van der Waals surface area contributed by atoms with Crippen LogP contribution in [0.15, 0.2) is 49.8 Å². The third-order valence-electron chi connectivity index (χ3n) is 2.29. The fourth-order valence-corrected chi connectivity index (χ4v) is 2.82. The lowest BCUT2D eigenvalue weighted by Gasteiger charge is -2.08. The minimum atomic E-state index is -0.148. The van der Waals surface area contributed by atoms with Crippen LogP contribution in [-0.2, 0) is 6.42 Å². The number of hydrogen-bond donors (Lipinski definition) is 2. The minimum absolute atomic E-state index is 0.148. The number of nitrogens with one attached hydrogen (secondary N) is 1.